The van der Waals surface area contributed by atoms with E-state index in [-0.39, 0.29) is 5.52 Å². The molecule has 5 rings (SSSR count). The molecule has 1 aliphatic rings. The zero-order valence-electron chi connectivity index (χ0n) is 17.0. The molecule has 6 nitrogen and oxygen atoms in total. The van der Waals surface area contributed by atoms with E-state index in [1.165, 1.54) is 48.7 Å². The number of alkyl halides is 3. The molecule has 0 saturated heterocycles. The average Bonchev–Trinajstić information content (AvgIpc) is 3.23. The third kappa shape index (κ3) is 4.40. The lowest BCUT2D eigenvalue weighted by atomic mass is 10.0. The van der Waals surface area contributed by atoms with E-state index in [0.29, 0.717) is 12.1 Å². The normalized spacial score (nSPS) is 13.5. The fourth-order valence-corrected chi connectivity index (χ4v) is 3.25. The van der Waals surface area contributed by atoms with E-state index in [9.17, 15) is 18.0 Å². The lowest BCUT2D eigenvalue weighted by molar-refractivity contribution is -0.136. The molecule has 0 N–H and O–H groups in total. The molecule has 3 heterocycles. The van der Waals surface area contributed by atoms with Gasteiger partial charge >= 0.3 is 11.9 Å². The number of aromatic nitrogens is 5. The first-order valence-electron chi connectivity index (χ1n) is 10.1. The molecule has 1 fully saturated rings. The van der Waals surface area contributed by atoms with Crippen LogP contribution in [0.5, 0.6) is 0 Å². The summed E-state index contributed by atoms with van der Waals surface area (Å²) >= 11 is 0. The Morgan fingerprint density at radius 2 is 1.81 bits per heavy atom. The van der Waals surface area contributed by atoms with E-state index >= 15 is 0 Å². The van der Waals surface area contributed by atoms with Crippen LogP contribution >= 0.6 is 0 Å². The summed E-state index contributed by atoms with van der Waals surface area (Å²) in [6.07, 6.45) is 6.07. The Morgan fingerprint density at radius 1 is 1.06 bits per heavy atom. The Morgan fingerprint density at radius 3 is 2.42 bits per heavy atom. The summed E-state index contributed by atoms with van der Waals surface area (Å²) in [6.45, 7) is 0. The van der Waals surface area contributed by atoms with Crippen LogP contribution in [-0.2, 0) is 19.6 Å². The van der Waals surface area contributed by atoms with Gasteiger partial charge in [-0.1, -0.05) is 37.8 Å². The summed E-state index contributed by atoms with van der Waals surface area (Å²) in [6, 6.07) is 9.22. The molecule has 0 bridgehead atoms. The summed E-state index contributed by atoms with van der Waals surface area (Å²) in [5.74, 6) is 0.737. The zero-order chi connectivity index (χ0) is 22.0. The fourth-order valence-electron chi connectivity index (χ4n) is 3.25. The van der Waals surface area contributed by atoms with Crippen molar-refractivity contribution in [3.05, 3.63) is 82.6 Å². The molecule has 4 aromatic rings. The van der Waals surface area contributed by atoms with Crippen LogP contribution in [0.15, 0.2) is 59.9 Å². The van der Waals surface area contributed by atoms with Crippen molar-refractivity contribution in [2.45, 2.75) is 38.3 Å². The van der Waals surface area contributed by atoms with E-state index in [0.717, 1.165) is 21.9 Å². The SMILES string of the molecule is C1CCC1.Cn1cnnc1Cc1cccc(-n2cc3c(C(F)(F)F)cccn3c2=O)c1. The van der Waals surface area contributed by atoms with Gasteiger partial charge < -0.3 is 4.57 Å². The molecule has 162 valence electrons. The maximum Gasteiger partial charge on any atom is 0.418 e. The van der Waals surface area contributed by atoms with Crippen molar-refractivity contribution in [2.24, 2.45) is 7.05 Å². The van der Waals surface area contributed by atoms with Gasteiger partial charge in [-0.05, 0) is 29.8 Å². The molecule has 31 heavy (non-hydrogen) atoms. The average molecular weight is 429 g/mol. The second-order valence-electron chi connectivity index (χ2n) is 7.58. The quantitative estimate of drug-likeness (QED) is 0.485. The topological polar surface area (TPSA) is 57.1 Å². The van der Waals surface area contributed by atoms with Crippen molar-refractivity contribution in [2.75, 3.05) is 0 Å². The smallest absolute Gasteiger partial charge is 0.320 e. The molecule has 1 aliphatic carbocycles. The van der Waals surface area contributed by atoms with Gasteiger partial charge in [-0.3, -0.25) is 8.97 Å². The summed E-state index contributed by atoms with van der Waals surface area (Å²) in [7, 11) is 1.82. The third-order valence-electron chi connectivity index (χ3n) is 5.36. The summed E-state index contributed by atoms with van der Waals surface area (Å²) in [5, 5.41) is 7.84. The first kappa shape index (κ1) is 20.9. The van der Waals surface area contributed by atoms with Gasteiger partial charge in [0.15, 0.2) is 0 Å². The highest BCUT2D eigenvalue weighted by molar-refractivity contribution is 5.56. The van der Waals surface area contributed by atoms with E-state index in [2.05, 4.69) is 10.2 Å². The fraction of sp³-hybridized carbons (Fsp3) is 0.318. The highest BCUT2D eigenvalue weighted by Crippen LogP contribution is 2.32. The Labute approximate surface area is 176 Å². The molecule has 0 amide bonds. The Balaban J connectivity index is 0.000000520. The first-order chi connectivity index (χ1) is 14.8. The second-order valence-corrected chi connectivity index (χ2v) is 7.58. The molecule has 1 aromatic carbocycles. The number of hydrogen-bond acceptors (Lipinski definition) is 3. The van der Waals surface area contributed by atoms with Crippen molar-refractivity contribution < 1.29 is 13.2 Å². The van der Waals surface area contributed by atoms with Crippen molar-refractivity contribution in [3.8, 4) is 5.69 Å². The van der Waals surface area contributed by atoms with Crippen LogP contribution in [0.2, 0.25) is 0 Å². The minimum Gasteiger partial charge on any atom is -0.320 e. The molecular formula is C22H22F3N5O. The molecular weight excluding hydrogens is 407 g/mol. The predicted molar refractivity (Wildman–Crippen MR) is 110 cm³/mol. The van der Waals surface area contributed by atoms with Crippen LogP contribution < -0.4 is 5.69 Å². The van der Waals surface area contributed by atoms with Crippen LogP contribution in [0.25, 0.3) is 11.2 Å². The summed E-state index contributed by atoms with van der Waals surface area (Å²) in [4.78, 5) is 12.6. The number of nitrogens with zero attached hydrogens (tertiary/aromatic N) is 5. The second kappa shape index (κ2) is 8.41. The molecule has 3 aromatic heterocycles. The lowest BCUT2D eigenvalue weighted by Gasteiger charge is -2.07. The van der Waals surface area contributed by atoms with Gasteiger partial charge in [0.2, 0.25) is 0 Å². The van der Waals surface area contributed by atoms with Crippen LogP contribution in [0, 0.1) is 0 Å². The highest BCUT2D eigenvalue weighted by Gasteiger charge is 2.33. The minimum atomic E-state index is -4.54. The van der Waals surface area contributed by atoms with Crippen LogP contribution in [0.4, 0.5) is 13.2 Å². The van der Waals surface area contributed by atoms with Crippen molar-refractivity contribution >= 4 is 5.52 Å². The van der Waals surface area contributed by atoms with Crippen LogP contribution in [-0.4, -0.2) is 23.7 Å². The van der Waals surface area contributed by atoms with Gasteiger partial charge in [-0.15, -0.1) is 10.2 Å². The standard InChI is InChI=1S/C18H14F3N5O.C4H8/c1-24-11-22-23-16(24)9-12-4-2-5-13(8-12)26-10-15-14(18(19,20)21)6-3-7-25(15)17(26)27;1-2-4-3-1/h2-8,10-11H,9H2,1H3;1-4H2. The Kier molecular flexibility index (Phi) is 5.67. The number of benzene rings is 1. The van der Waals surface area contributed by atoms with Gasteiger partial charge in [0, 0.05) is 25.9 Å². The number of hydrogen-bond donors (Lipinski definition) is 0. The predicted octanol–water partition coefficient (Wildman–Crippen LogP) is 4.39. The van der Waals surface area contributed by atoms with Gasteiger partial charge in [0.1, 0.15) is 12.2 Å². The van der Waals surface area contributed by atoms with Crippen LogP contribution in [0.3, 0.4) is 0 Å². The molecule has 9 heteroatoms. The Hall–Kier alpha value is -3.36. The molecule has 1 saturated carbocycles. The van der Waals surface area contributed by atoms with Gasteiger partial charge in [-0.2, -0.15) is 13.2 Å². The van der Waals surface area contributed by atoms with E-state index in [1.807, 2.05) is 13.1 Å². The van der Waals surface area contributed by atoms with E-state index in [1.54, 1.807) is 29.1 Å². The van der Waals surface area contributed by atoms with E-state index in [4.69, 9.17) is 0 Å². The Bertz CT molecular complexity index is 1240. The van der Waals surface area contributed by atoms with Gasteiger partial charge in [-0.25, -0.2) is 4.79 Å². The minimum absolute atomic E-state index is 0.186. The third-order valence-corrected chi connectivity index (χ3v) is 5.36. The van der Waals surface area contributed by atoms with Crippen molar-refractivity contribution in [3.63, 3.8) is 0 Å². The number of aryl methyl sites for hydroxylation is 1. The maximum absolute atomic E-state index is 13.2. The first-order valence-corrected chi connectivity index (χ1v) is 10.1. The monoisotopic (exact) mass is 429 g/mol. The van der Waals surface area contributed by atoms with Crippen LogP contribution in [0.1, 0.15) is 42.6 Å². The largest absolute Gasteiger partial charge is 0.418 e. The summed E-state index contributed by atoms with van der Waals surface area (Å²) < 4.78 is 43.7. The van der Waals surface area contributed by atoms with Gasteiger partial charge in [0.05, 0.1) is 16.8 Å². The lowest BCUT2D eigenvalue weighted by Crippen LogP contribution is -2.19. The number of halogens is 3. The highest BCUT2D eigenvalue weighted by atomic mass is 19.4. The van der Waals surface area contributed by atoms with E-state index < -0.39 is 17.4 Å². The number of pyridine rings is 1. The number of imidazole rings is 1. The number of fused-ring (bicyclic) bond motifs is 1. The maximum atomic E-state index is 13.2. The zero-order valence-corrected chi connectivity index (χ0v) is 17.0. The molecule has 0 spiro atoms. The molecule has 0 atom stereocenters. The molecule has 0 radical (unpaired) electrons. The van der Waals surface area contributed by atoms with Gasteiger partial charge in [0.25, 0.3) is 0 Å². The number of rotatable bonds is 3. The molecule has 0 aliphatic heterocycles. The summed E-state index contributed by atoms with van der Waals surface area (Å²) in [5.41, 5.74) is -0.255. The van der Waals surface area contributed by atoms with Crippen molar-refractivity contribution in [1.82, 2.24) is 23.7 Å². The van der Waals surface area contributed by atoms with Crippen molar-refractivity contribution in [1.29, 1.82) is 0 Å². The molecule has 0 unspecified atom stereocenters.